The molecular formula is C21H28N2O4S. The van der Waals surface area contributed by atoms with E-state index in [1.807, 2.05) is 38.1 Å². The molecule has 1 atom stereocenters. The van der Waals surface area contributed by atoms with Gasteiger partial charge in [-0.2, -0.15) is 0 Å². The van der Waals surface area contributed by atoms with Gasteiger partial charge in [-0.25, -0.2) is 0 Å². The van der Waals surface area contributed by atoms with Gasteiger partial charge >= 0.3 is 0 Å². The van der Waals surface area contributed by atoms with E-state index in [1.165, 1.54) is 0 Å². The Morgan fingerprint density at radius 3 is 2.96 bits per heavy atom. The van der Waals surface area contributed by atoms with Crippen LogP contribution in [0.15, 0.2) is 33.7 Å². The molecule has 152 valence electrons. The van der Waals surface area contributed by atoms with Crippen LogP contribution in [0.1, 0.15) is 46.6 Å². The van der Waals surface area contributed by atoms with Crippen LogP contribution in [0.25, 0.3) is 0 Å². The van der Waals surface area contributed by atoms with Crippen molar-refractivity contribution in [2.45, 2.75) is 49.9 Å². The first-order valence-corrected chi connectivity index (χ1v) is 10.7. The van der Waals surface area contributed by atoms with Crippen LogP contribution in [0.2, 0.25) is 0 Å². The number of amides is 1. The van der Waals surface area contributed by atoms with Crippen molar-refractivity contribution >= 4 is 17.7 Å². The molecule has 0 spiro atoms. The van der Waals surface area contributed by atoms with Crippen molar-refractivity contribution < 1.29 is 18.8 Å². The summed E-state index contributed by atoms with van der Waals surface area (Å²) in [7, 11) is 0. The quantitative estimate of drug-likeness (QED) is 0.478. The lowest BCUT2D eigenvalue weighted by molar-refractivity contribution is 0.0166. The second kappa shape index (κ2) is 10.6. The van der Waals surface area contributed by atoms with Crippen LogP contribution in [0.5, 0.6) is 0 Å². The zero-order chi connectivity index (χ0) is 19.8. The minimum absolute atomic E-state index is 0.0546. The van der Waals surface area contributed by atoms with Gasteiger partial charge in [-0.3, -0.25) is 4.79 Å². The number of aryl methyl sites for hydroxylation is 2. The molecule has 28 heavy (non-hydrogen) atoms. The SMILES string of the molecule is Cc1noc(C)c1CSc1ccccc1C(=O)NCCCOCC1CCCO1. The summed E-state index contributed by atoms with van der Waals surface area (Å²) in [6, 6.07) is 7.67. The normalized spacial score (nSPS) is 16.4. The smallest absolute Gasteiger partial charge is 0.252 e. The highest BCUT2D eigenvalue weighted by molar-refractivity contribution is 7.98. The number of ether oxygens (including phenoxy) is 2. The van der Waals surface area contributed by atoms with E-state index in [9.17, 15) is 4.79 Å². The van der Waals surface area contributed by atoms with Gasteiger partial charge in [0.15, 0.2) is 0 Å². The largest absolute Gasteiger partial charge is 0.379 e. The van der Waals surface area contributed by atoms with Crippen LogP contribution in [-0.4, -0.2) is 43.5 Å². The third-order valence-corrected chi connectivity index (χ3v) is 5.86. The standard InChI is InChI=1S/C21H28N2O4S/c1-15-19(16(2)27-23-15)14-28-20-9-4-3-8-18(20)21(24)22-10-6-11-25-13-17-7-5-12-26-17/h3-4,8-9,17H,5-7,10-14H2,1-2H3,(H,22,24). The van der Waals surface area contributed by atoms with E-state index in [2.05, 4.69) is 10.5 Å². The molecule has 7 heteroatoms. The number of carbonyl (C=O) groups is 1. The first-order chi connectivity index (χ1) is 13.6. The van der Waals surface area contributed by atoms with Crippen LogP contribution in [0.4, 0.5) is 0 Å². The molecule has 1 fully saturated rings. The molecule has 0 bridgehead atoms. The monoisotopic (exact) mass is 404 g/mol. The maximum Gasteiger partial charge on any atom is 0.252 e. The molecule has 2 aromatic rings. The van der Waals surface area contributed by atoms with Crippen molar-refractivity contribution in [3.8, 4) is 0 Å². The molecular weight excluding hydrogens is 376 g/mol. The van der Waals surface area contributed by atoms with Gasteiger partial charge in [-0.15, -0.1) is 11.8 Å². The molecule has 1 unspecified atom stereocenters. The Bertz CT molecular complexity index is 752. The maximum atomic E-state index is 12.6. The molecule has 1 aliphatic heterocycles. The van der Waals surface area contributed by atoms with Gasteiger partial charge in [-0.05, 0) is 45.2 Å². The van der Waals surface area contributed by atoms with E-state index in [4.69, 9.17) is 14.0 Å². The first-order valence-electron chi connectivity index (χ1n) is 9.76. The molecule has 1 aliphatic rings. The Hall–Kier alpha value is -1.83. The number of hydrogen-bond donors (Lipinski definition) is 1. The highest BCUT2D eigenvalue weighted by Crippen LogP contribution is 2.28. The summed E-state index contributed by atoms with van der Waals surface area (Å²) in [5.74, 6) is 1.50. The molecule has 0 radical (unpaired) electrons. The molecule has 2 heterocycles. The lowest BCUT2D eigenvalue weighted by Gasteiger charge is -2.11. The van der Waals surface area contributed by atoms with E-state index in [-0.39, 0.29) is 12.0 Å². The summed E-state index contributed by atoms with van der Waals surface area (Å²) in [6.07, 6.45) is 3.24. The Kier molecular flexibility index (Phi) is 7.94. The van der Waals surface area contributed by atoms with E-state index in [1.54, 1.807) is 11.8 Å². The van der Waals surface area contributed by atoms with Crippen LogP contribution in [-0.2, 0) is 15.2 Å². The van der Waals surface area contributed by atoms with Gasteiger partial charge in [0.05, 0.1) is 24.0 Å². The zero-order valence-corrected chi connectivity index (χ0v) is 17.3. The highest BCUT2D eigenvalue weighted by atomic mass is 32.2. The summed E-state index contributed by atoms with van der Waals surface area (Å²) >= 11 is 1.62. The summed E-state index contributed by atoms with van der Waals surface area (Å²) in [6.45, 7) is 6.56. The molecule has 1 aromatic heterocycles. The summed E-state index contributed by atoms with van der Waals surface area (Å²) < 4.78 is 16.4. The van der Waals surface area contributed by atoms with Gasteiger partial charge in [0, 0.05) is 36.0 Å². The van der Waals surface area contributed by atoms with Crippen LogP contribution in [0, 0.1) is 13.8 Å². The average molecular weight is 405 g/mol. The number of carbonyl (C=O) groups excluding carboxylic acids is 1. The average Bonchev–Trinajstić information content (AvgIpc) is 3.33. The second-order valence-electron chi connectivity index (χ2n) is 6.91. The maximum absolute atomic E-state index is 12.6. The minimum atomic E-state index is -0.0546. The molecule has 1 saturated heterocycles. The van der Waals surface area contributed by atoms with Gasteiger partial charge in [0.1, 0.15) is 5.76 Å². The third kappa shape index (κ3) is 5.83. The van der Waals surface area contributed by atoms with Gasteiger partial charge in [0.25, 0.3) is 5.91 Å². The van der Waals surface area contributed by atoms with Crippen molar-refractivity contribution in [3.05, 3.63) is 46.8 Å². The number of aromatic nitrogens is 1. The first kappa shape index (κ1) is 20.9. The lowest BCUT2D eigenvalue weighted by Crippen LogP contribution is -2.26. The topological polar surface area (TPSA) is 73.6 Å². The summed E-state index contributed by atoms with van der Waals surface area (Å²) in [4.78, 5) is 13.5. The zero-order valence-electron chi connectivity index (χ0n) is 16.5. The summed E-state index contributed by atoms with van der Waals surface area (Å²) in [5, 5.41) is 6.98. The molecule has 0 aliphatic carbocycles. The van der Waals surface area contributed by atoms with Crippen molar-refractivity contribution in [2.75, 3.05) is 26.4 Å². The molecule has 6 nitrogen and oxygen atoms in total. The van der Waals surface area contributed by atoms with Crippen LogP contribution in [0.3, 0.4) is 0 Å². The van der Waals surface area contributed by atoms with Crippen molar-refractivity contribution in [3.63, 3.8) is 0 Å². The number of benzene rings is 1. The summed E-state index contributed by atoms with van der Waals surface area (Å²) in [5.41, 5.74) is 2.68. The van der Waals surface area contributed by atoms with Crippen LogP contribution >= 0.6 is 11.8 Å². The Balaban J connectivity index is 1.43. The van der Waals surface area contributed by atoms with Gasteiger partial charge in [-0.1, -0.05) is 17.3 Å². The molecule has 3 rings (SSSR count). The van der Waals surface area contributed by atoms with E-state index < -0.39 is 0 Å². The van der Waals surface area contributed by atoms with Gasteiger partial charge in [0.2, 0.25) is 0 Å². The number of hydrogen-bond acceptors (Lipinski definition) is 6. The van der Waals surface area contributed by atoms with Crippen molar-refractivity contribution in [1.82, 2.24) is 10.5 Å². The fourth-order valence-corrected chi connectivity index (χ4v) is 4.30. The third-order valence-electron chi connectivity index (χ3n) is 4.76. The van der Waals surface area contributed by atoms with Gasteiger partial charge < -0.3 is 19.3 Å². The van der Waals surface area contributed by atoms with E-state index >= 15 is 0 Å². The Morgan fingerprint density at radius 1 is 1.36 bits per heavy atom. The second-order valence-corrected chi connectivity index (χ2v) is 7.92. The Labute approximate surface area is 170 Å². The van der Waals surface area contributed by atoms with E-state index in [0.29, 0.717) is 25.3 Å². The fourth-order valence-electron chi connectivity index (χ4n) is 3.10. The van der Waals surface area contributed by atoms with Crippen molar-refractivity contribution in [1.29, 1.82) is 0 Å². The number of rotatable bonds is 10. The number of nitrogens with zero attached hydrogens (tertiary/aromatic N) is 1. The molecule has 1 amide bonds. The minimum Gasteiger partial charge on any atom is -0.379 e. The fraction of sp³-hybridized carbons (Fsp3) is 0.524. The molecule has 1 N–H and O–H groups in total. The van der Waals surface area contributed by atoms with E-state index in [0.717, 1.165) is 53.5 Å². The predicted octanol–water partition coefficient (Wildman–Crippen LogP) is 3.90. The predicted molar refractivity (Wildman–Crippen MR) is 109 cm³/mol. The van der Waals surface area contributed by atoms with Crippen molar-refractivity contribution in [2.24, 2.45) is 0 Å². The lowest BCUT2D eigenvalue weighted by atomic mass is 10.2. The highest BCUT2D eigenvalue weighted by Gasteiger charge is 2.16. The number of thioether (sulfide) groups is 1. The Morgan fingerprint density at radius 2 is 2.21 bits per heavy atom. The van der Waals surface area contributed by atoms with Crippen LogP contribution < -0.4 is 5.32 Å². The molecule has 0 saturated carbocycles. The number of nitrogens with one attached hydrogen (secondary N) is 1. The molecule has 1 aromatic carbocycles.